The Morgan fingerprint density at radius 2 is 1.62 bits per heavy atom. The number of aliphatic hydroxyl groups is 1. The van der Waals surface area contributed by atoms with Gasteiger partial charge in [-0.2, -0.15) is 0 Å². The molecule has 47 heavy (non-hydrogen) atoms. The SMILES string of the molecule is CC(=O)N1CCC[C@H]1C(=O)N[C@@H](CC(C)C)C(=O)N[C@@H](Cc1cncn1C)C(=O)N[C@@H](CO)C(=O)N[C@H](C(N)=O)[C@@H](C)OP(=O)(O)O. The van der Waals surface area contributed by atoms with E-state index < -0.39 is 80.3 Å². The van der Waals surface area contributed by atoms with Crippen LogP contribution in [0.15, 0.2) is 12.5 Å². The number of nitrogens with one attached hydrogen (secondary N) is 4. The van der Waals surface area contributed by atoms with Crippen LogP contribution in [0.25, 0.3) is 0 Å². The molecule has 0 aromatic carbocycles. The molecule has 2 heterocycles. The molecule has 0 aliphatic carbocycles. The van der Waals surface area contributed by atoms with Gasteiger partial charge in [0.15, 0.2) is 0 Å². The number of carbonyl (C=O) groups is 6. The first-order valence-electron chi connectivity index (χ1n) is 14.9. The molecule has 19 nitrogen and oxygen atoms in total. The van der Waals surface area contributed by atoms with Crippen LogP contribution < -0.4 is 27.0 Å². The van der Waals surface area contributed by atoms with Gasteiger partial charge in [-0.05, 0) is 32.1 Å². The Morgan fingerprint density at radius 1 is 1.02 bits per heavy atom. The van der Waals surface area contributed by atoms with Crippen LogP contribution in [-0.4, -0.2) is 114 Å². The maximum atomic E-state index is 13.6. The third kappa shape index (κ3) is 12.0. The molecule has 6 atom stereocenters. The molecule has 0 bridgehead atoms. The Morgan fingerprint density at radius 3 is 2.13 bits per heavy atom. The molecular weight excluding hydrogens is 643 g/mol. The molecule has 0 radical (unpaired) electrons. The molecule has 1 aromatic heterocycles. The molecule has 0 unspecified atom stereocenters. The number of nitrogens with two attached hydrogens (primary N) is 1. The number of hydrogen-bond acceptors (Lipinski definition) is 10. The molecule has 1 fully saturated rings. The number of hydrogen-bond donors (Lipinski definition) is 8. The Kier molecular flexibility index (Phi) is 14.5. The standard InChI is InChI=1S/C27H45N8O11P/c1-14(2)9-18(31-27(42)21-7-6-8-35(21)16(4)37)24(39)30-19(10-17-11-29-13-34(17)5)25(40)32-20(12-36)26(41)33-22(23(28)38)15(3)46-47(43,44)45/h11,13-15,18-22,36H,6-10,12H2,1-5H3,(H2,28,38)(H,30,39)(H,31,42)(H,32,40)(H,33,41)(H2,43,44,45)/t15-,18+,19+,20+,21+,22+/m1/s1. The maximum Gasteiger partial charge on any atom is 0.469 e. The number of carbonyl (C=O) groups excluding carboxylic acids is 6. The van der Waals surface area contributed by atoms with Crippen molar-refractivity contribution in [2.45, 2.75) is 89.7 Å². The van der Waals surface area contributed by atoms with Crippen LogP contribution in [-0.2, 0) is 51.3 Å². The summed E-state index contributed by atoms with van der Waals surface area (Å²) >= 11 is 0. The number of aliphatic hydroxyl groups excluding tert-OH is 1. The monoisotopic (exact) mass is 688 g/mol. The van der Waals surface area contributed by atoms with Crippen molar-refractivity contribution in [3.8, 4) is 0 Å². The molecule has 0 spiro atoms. The lowest BCUT2D eigenvalue weighted by molar-refractivity contribution is -0.139. The van der Waals surface area contributed by atoms with Crippen molar-refractivity contribution in [3.05, 3.63) is 18.2 Å². The van der Waals surface area contributed by atoms with Crippen LogP contribution in [0.4, 0.5) is 0 Å². The van der Waals surface area contributed by atoms with Crippen LogP contribution in [0.5, 0.6) is 0 Å². The van der Waals surface area contributed by atoms with Gasteiger partial charge >= 0.3 is 7.82 Å². The van der Waals surface area contributed by atoms with Gasteiger partial charge in [0.1, 0.15) is 30.2 Å². The Labute approximate surface area is 271 Å². The lowest BCUT2D eigenvalue weighted by Crippen LogP contribution is -2.61. The van der Waals surface area contributed by atoms with Gasteiger partial charge in [0.2, 0.25) is 35.4 Å². The van der Waals surface area contributed by atoms with E-state index in [2.05, 4.69) is 30.8 Å². The van der Waals surface area contributed by atoms with Crippen molar-refractivity contribution < 1.29 is 52.7 Å². The summed E-state index contributed by atoms with van der Waals surface area (Å²) in [5.74, 6) is -4.86. The number of likely N-dealkylation sites (tertiary alicyclic amines) is 1. The number of nitrogens with zero attached hydrogens (tertiary/aromatic N) is 3. The number of phosphoric ester groups is 1. The molecule has 1 aromatic rings. The zero-order chi connectivity index (χ0) is 35.6. The normalized spacial score (nSPS) is 18.1. The fraction of sp³-hybridized carbons (Fsp3) is 0.667. The quantitative estimate of drug-likeness (QED) is 0.0757. The van der Waals surface area contributed by atoms with E-state index in [-0.39, 0.29) is 24.7 Å². The van der Waals surface area contributed by atoms with Crippen molar-refractivity contribution in [2.75, 3.05) is 13.2 Å². The van der Waals surface area contributed by atoms with Crippen molar-refractivity contribution >= 4 is 43.3 Å². The number of aryl methyl sites for hydroxylation is 1. The number of aromatic nitrogens is 2. The highest BCUT2D eigenvalue weighted by atomic mass is 31.2. The molecule has 2 rings (SSSR count). The second-order valence-corrected chi connectivity index (χ2v) is 12.9. The molecule has 9 N–H and O–H groups in total. The highest BCUT2D eigenvalue weighted by molar-refractivity contribution is 7.46. The second-order valence-electron chi connectivity index (χ2n) is 11.8. The number of rotatable bonds is 17. The maximum absolute atomic E-state index is 13.6. The van der Waals surface area contributed by atoms with Gasteiger partial charge < -0.3 is 51.4 Å². The van der Waals surface area contributed by atoms with Crippen molar-refractivity contribution in [1.82, 2.24) is 35.7 Å². The summed E-state index contributed by atoms with van der Waals surface area (Å²) in [6.45, 7) is 5.52. The van der Waals surface area contributed by atoms with E-state index in [1.54, 1.807) is 11.6 Å². The number of primary amides is 1. The highest BCUT2D eigenvalue weighted by Gasteiger charge is 2.37. The average Bonchev–Trinajstić information content (AvgIpc) is 3.61. The zero-order valence-electron chi connectivity index (χ0n) is 26.9. The van der Waals surface area contributed by atoms with Gasteiger partial charge in [0.05, 0.1) is 19.0 Å². The van der Waals surface area contributed by atoms with Crippen LogP contribution in [0.2, 0.25) is 0 Å². The molecule has 6 amide bonds. The van der Waals surface area contributed by atoms with Crippen molar-refractivity contribution in [1.29, 1.82) is 0 Å². The third-order valence-electron chi connectivity index (χ3n) is 7.46. The summed E-state index contributed by atoms with van der Waals surface area (Å²) in [5.41, 5.74) is 5.76. The van der Waals surface area contributed by atoms with E-state index >= 15 is 0 Å². The predicted octanol–water partition coefficient (Wildman–Crippen LogP) is -3.07. The van der Waals surface area contributed by atoms with Crippen LogP contribution in [0.3, 0.4) is 0 Å². The summed E-state index contributed by atoms with van der Waals surface area (Å²) in [6, 6.07) is -6.67. The van der Waals surface area contributed by atoms with Crippen LogP contribution in [0.1, 0.15) is 52.7 Å². The topological polar surface area (TPSA) is 285 Å². The van der Waals surface area contributed by atoms with Gasteiger partial charge in [-0.3, -0.25) is 33.3 Å². The molecule has 1 saturated heterocycles. The molecule has 264 valence electrons. The van der Waals surface area contributed by atoms with Gasteiger partial charge in [-0.25, -0.2) is 9.55 Å². The van der Waals surface area contributed by atoms with E-state index in [0.29, 0.717) is 25.1 Å². The van der Waals surface area contributed by atoms with Crippen molar-refractivity contribution in [2.24, 2.45) is 18.7 Å². The fourth-order valence-corrected chi connectivity index (χ4v) is 5.63. The summed E-state index contributed by atoms with van der Waals surface area (Å²) in [7, 11) is -3.43. The molecular formula is C27H45N8O11P. The van der Waals surface area contributed by atoms with E-state index in [1.807, 2.05) is 13.8 Å². The van der Waals surface area contributed by atoms with E-state index in [1.165, 1.54) is 24.3 Å². The van der Waals surface area contributed by atoms with E-state index in [4.69, 9.17) is 15.5 Å². The summed E-state index contributed by atoms with van der Waals surface area (Å²) < 4.78 is 17.2. The fourth-order valence-electron chi connectivity index (χ4n) is 5.08. The second kappa shape index (κ2) is 17.3. The minimum Gasteiger partial charge on any atom is -0.394 e. The summed E-state index contributed by atoms with van der Waals surface area (Å²) in [6.07, 6.45) is 2.43. The van der Waals surface area contributed by atoms with Gasteiger partial charge in [0, 0.05) is 38.8 Å². The molecule has 0 saturated carbocycles. The Balaban J connectivity index is 2.27. The average molecular weight is 689 g/mol. The smallest absolute Gasteiger partial charge is 0.394 e. The Bertz CT molecular complexity index is 1350. The van der Waals surface area contributed by atoms with Gasteiger partial charge in [0.25, 0.3) is 0 Å². The van der Waals surface area contributed by atoms with E-state index in [0.717, 1.165) is 6.92 Å². The van der Waals surface area contributed by atoms with E-state index in [9.17, 15) is 38.4 Å². The first-order valence-corrected chi connectivity index (χ1v) is 16.5. The summed E-state index contributed by atoms with van der Waals surface area (Å²) in [4.78, 5) is 101. The minimum absolute atomic E-state index is 0.0690. The number of imidazole rings is 1. The predicted molar refractivity (Wildman–Crippen MR) is 163 cm³/mol. The first kappa shape index (κ1) is 39.3. The van der Waals surface area contributed by atoms with Gasteiger partial charge in [-0.15, -0.1) is 0 Å². The largest absolute Gasteiger partial charge is 0.469 e. The molecule has 20 heteroatoms. The highest BCUT2D eigenvalue weighted by Crippen LogP contribution is 2.38. The first-order chi connectivity index (χ1) is 21.8. The molecule has 1 aliphatic rings. The minimum atomic E-state index is -5.08. The zero-order valence-corrected chi connectivity index (χ0v) is 27.8. The summed E-state index contributed by atoms with van der Waals surface area (Å²) in [5, 5.41) is 19.6. The van der Waals surface area contributed by atoms with Crippen LogP contribution in [0, 0.1) is 5.92 Å². The third-order valence-corrected chi connectivity index (χ3v) is 8.06. The number of phosphoric acid groups is 1. The molecule has 1 aliphatic heterocycles. The number of amides is 6. The Hall–Kier alpha value is -3.90. The van der Waals surface area contributed by atoms with Gasteiger partial charge in [-0.1, -0.05) is 13.8 Å². The van der Waals surface area contributed by atoms with Crippen molar-refractivity contribution in [3.63, 3.8) is 0 Å². The lowest BCUT2D eigenvalue weighted by Gasteiger charge is -2.28. The lowest BCUT2D eigenvalue weighted by atomic mass is 10.0. The van der Waals surface area contributed by atoms with Crippen LogP contribution >= 0.6 is 7.82 Å².